The Morgan fingerprint density at radius 2 is 1.74 bits per heavy atom. The lowest BCUT2D eigenvalue weighted by Crippen LogP contribution is -2.38. The first kappa shape index (κ1) is 13.3. The molecule has 1 aliphatic carbocycles. The zero-order chi connectivity index (χ0) is 13.2. The molecule has 0 bridgehead atoms. The Balaban J connectivity index is 1.67. The topological polar surface area (TPSA) is 29.1 Å². The fourth-order valence-electron chi connectivity index (χ4n) is 2.92. The Hall–Kier alpha value is -0.670. The van der Waals surface area contributed by atoms with Crippen LogP contribution in [0.25, 0.3) is 0 Å². The summed E-state index contributed by atoms with van der Waals surface area (Å²) in [5.74, 6) is 2.57. The molecule has 1 unspecified atom stereocenters. The molecule has 19 heavy (non-hydrogen) atoms. The summed E-state index contributed by atoms with van der Waals surface area (Å²) in [5, 5.41) is 3.84. The number of benzene rings is 1. The molecule has 1 N–H and O–H groups in total. The van der Waals surface area contributed by atoms with Crippen LogP contribution in [0, 0.1) is 12.8 Å². The lowest BCUT2D eigenvalue weighted by Gasteiger charge is -2.28. The van der Waals surface area contributed by atoms with E-state index in [0.717, 1.165) is 30.3 Å². The fraction of sp³-hybridized carbons (Fsp3) is 0.625. The summed E-state index contributed by atoms with van der Waals surface area (Å²) in [5.41, 5.74) is 2.76. The van der Waals surface area contributed by atoms with Gasteiger partial charge in [0.25, 0.3) is 0 Å². The first-order valence-corrected chi connectivity index (χ1v) is 8.89. The van der Waals surface area contributed by atoms with Crippen molar-refractivity contribution in [2.75, 3.05) is 11.5 Å². The van der Waals surface area contributed by atoms with E-state index < -0.39 is 10.8 Å². The third kappa shape index (κ3) is 3.46. The summed E-state index contributed by atoms with van der Waals surface area (Å²) >= 11 is 0. The van der Waals surface area contributed by atoms with Crippen LogP contribution >= 0.6 is 0 Å². The van der Waals surface area contributed by atoms with Crippen LogP contribution in [0.3, 0.4) is 0 Å². The SMILES string of the molecule is Cc1ccc(C(NC2CCS(=O)CC2)C2CC2)cc1. The van der Waals surface area contributed by atoms with Crippen LogP contribution in [0.1, 0.15) is 42.9 Å². The summed E-state index contributed by atoms with van der Waals surface area (Å²) in [4.78, 5) is 0. The zero-order valence-corrected chi connectivity index (χ0v) is 12.4. The van der Waals surface area contributed by atoms with Gasteiger partial charge in [-0.25, -0.2) is 0 Å². The largest absolute Gasteiger partial charge is 0.307 e. The normalized spacial score (nSPS) is 29.1. The van der Waals surface area contributed by atoms with E-state index in [4.69, 9.17) is 0 Å². The number of aryl methyl sites for hydroxylation is 1. The Morgan fingerprint density at radius 1 is 1.11 bits per heavy atom. The van der Waals surface area contributed by atoms with Gasteiger partial charge >= 0.3 is 0 Å². The molecule has 1 saturated heterocycles. The highest BCUT2D eigenvalue weighted by atomic mass is 32.2. The van der Waals surface area contributed by atoms with Gasteiger partial charge in [0.15, 0.2) is 0 Å². The highest BCUT2D eigenvalue weighted by Crippen LogP contribution is 2.41. The minimum absolute atomic E-state index is 0.511. The van der Waals surface area contributed by atoms with Crippen LogP contribution in [-0.4, -0.2) is 21.8 Å². The molecule has 0 aromatic heterocycles. The fourth-order valence-corrected chi connectivity index (χ4v) is 4.22. The van der Waals surface area contributed by atoms with Crippen molar-refractivity contribution in [2.45, 2.75) is 44.7 Å². The van der Waals surface area contributed by atoms with Crippen molar-refractivity contribution in [3.8, 4) is 0 Å². The molecule has 3 rings (SSSR count). The van der Waals surface area contributed by atoms with Gasteiger partial charge in [-0.1, -0.05) is 29.8 Å². The van der Waals surface area contributed by atoms with Gasteiger partial charge in [-0.2, -0.15) is 0 Å². The Morgan fingerprint density at radius 3 is 2.32 bits per heavy atom. The smallest absolute Gasteiger partial charge is 0.0351 e. The van der Waals surface area contributed by atoms with Crippen LogP contribution in [0.4, 0.5) is 0 Å². The molecule has 0 amide bonds. The predicted molar refractivity (Wildman–Crippen MR) is 80.7 cm³/mol. The lowest BCUT2D eigenvalue weighted by molar-refractivity contribution is 0.383. The van der Waals surface area contributed by atoms with Crippen molar-refractivity contribution in [1.29, 1.82) is 0 Å². The molecule has 1 aromatic rings. The van der Waals surface area contributed by atoms with Gasteiger partial charge in [0.1, 0.15) is 0 Å². The standard InChI is InChI=1S/C16H23NOS/c1-12-2-4-13(5-3-12)16(14-6-7-14)17-15-8-10-19(18)11-9-15/h2-5,14-17H,6-11H2,1H3. The number of hydrogen-bond acceptors (Lipinski definition) is 2. The predicted octanol–water partition coefficient (Wildman–Crippen LogP) is 2.95. The van der Waals surface area contributed by atoms with Crippen LogP contribution in [-0.2, 0) is 10.8 Å². The van der Waals surface area contributed by atoms with Gasteiger partial charge in [0.05, 0.1) is 0 Å². The second kappa shape index (κ2) is 5.76. The van der Waals surface area contributed by atoms with Crippen molar-refractivity contribution in [3.63, 3.8) is 0 Å². The first-order chi connectivity index (χ1) is 9.22. The van der Waals surface area contributed by atoms with E-state index in [-0.39, 0.29) is 0 Å². The quantitative estimate of drug-likeness (QED) is 0.917. The molecule has 1 aliphatic heterocycles. The van der Waals surface area contributed by atoms with E-state index in [0.29, 0.717) is 12.1 Å². The van der Waals surface area contributed by atoms with Crippen LogP contribution < -0.4 is 5.32 Å². The lowest BCUT2D eigenvalue weighted by atomic mass is 9.99. The first-order valence-electron chi connectivity index (χ1n) is 7.40. The molecule has 1 aromatic carbocycles. The third-order valence-electron chi connectivity index (χ3n) is 4.33. The van der Waals surface area contributed by atoms with Gasteiger partial charge in [-0.3, -0.25) is 4.21 Å². The highest BCUT2D eigenvalue weighted by molar-refractivity contribution is 7.85. The van der Waals surface area contributed by atoms with Crippen molar-refractivity contribution >= 4 is 10.8 Å². The van der Waals surface area contributed by atoms with Crippen molar-refractivity contribution in [3.05, 3.63) is 35.4 Å². The van der Waals surface area contributed by atoms with E-state index in [1.165, 1.54) is 24.0 Å². The van der Waals surface area contributed by atoms with Gasteiger partial charge in [-0.05, 0) is 44.1 Å². The maximum Gasteiger partial charge on any atom is 0.0351 e. The van der Waals surface area contributed by atoms with E-state index in [9.17, 15) is 4.21 Å². The molecule has 1 heterocycles. The summed E-state index contributed by atoms with van der Waals surface area (Å²) in [7, 11) is -0.558. The molecule has 0 radical (unpaired) electrons. The second-order valence-corrected chi connectivity index (χ2v) is 7.71. The molecule has 0 spiro atoms. The average Bonchev–Trinajstić information content (AvgIpc) is 3.24. The molecular weight excluding hydrogens is 254 g/mol. The van der Waals surface area contributed by atoms with E-state index in [2.05, 4.69) is 36.5 Å². The summed E-state index contributed by atoms with van der Waals surface area (Å²) < 4.78 is 11.4. The molecule has 2 aliphatic rings. The molecule has 2 nitrogen and oxygen atoms in total. The van der Waals surface area contributed by atoms with Gasteiger partial charge in [0, 0.05) is 34.4 Å². The summed E-state index contributed by atoms with van der Waals surface area (Å²) in [6.45, 7) is 2.14. The Kier molecular flexibility index (Phi) is 4.04. The minimum Gasteiger partial charge on any atom is -0.307 e. The van der Waals surface area contributed by atoms with E-state index in [1.807, 2.05) is 0 Å². The second-order valence-electron chi connectivity index (χ2n) is 6.01. The van der Waals surface area contributed by atoms with Crippen molar-refractivity contribution < 1.29 is 4.21 Å². The van der Waals surface area contributed by atoms with E-state index in [1.54, 1.807) is 0 Å². The highest BCUT2D eigenvalue weighted by Gasteiger charge is 2.34. The molecular formula is C16H23NOS. The van der Waals surface area contributed by atoms with Crippen LogP contribution in [0.5, 0.6) is 0 Å². The molecule has 1 saturated carbocycles. The summed E-state index contributed by atoms with van der Waals surface area (Å²) in [6, 6.07) is 10.0. The van der Waals surface area contributed by atoms with Crippen molar-refractivity contribution in [2.24, 2.45) is 5.92 Å². The van der Waals surface area contributed by atoms with Crippen LogP contribution in [0.15, 0.2) is 24.3 Å². The maximum absolute atomic E-state index is 11.4. The zero-order valence-electron chi connectivity index (χ0n) is 11.6. The molecule has 104 valence electrons. The Bertz CT molecular complexity index is 442. The van der Waals surface area contributed by atoms with Gasteiger partial charge in [0.2, 0.25) is 0 Å². The van der Waals surface area contributed by atoms with E-state index >= 15 is 0 Å². The van der Waals surface area contributed by atoms with Crippen LogP contribution in [0.2, 0.25) is 0 Å². The third-order valence-corrected chi connectivity index (χ3v) is 5.72. The Labute approximate surface area is 118 Å². The molecule has 1 atom stereocenters. The number of rotatable bonds is 4. The molecule has 3 heteroatoms. The number of nitrogens with one attached hydrogen (secondary N) is 1. The minimum atomic E-state index is -0.558. The van der Waals surface area contributed by atoms with Gasteiger partial charge < -0.3 is 5.32 Å². The molecule has 2 fully saturated rings. The van der Waals surface area contributed by atoms with Gasteiger partial charge in [-0.15, -0.1) is 0 Å². The maximum atomic E-state index is 11.4. The monoisotopic (exact) mass is 277 g/mol. The number of hydrogen-bond donors (Lipinski definition) is 1. The van der Waals surface area contributed by atoms with Crippen molar-refractivity contribution in [1.82, 2.24) is 5.32 Å². The average molecular weight is 277 g/mol. The summed E-state index contributed by atoms with van der Waals surface area (Å²) in [6.07, 6.45) is 4.85.